The van der Waals surface area contributed by atoms with Crippen molar-refractivity contribution in [3.63, 3.8) is 0 Å². The molecule has 1 heterocycles. The monoisotopic (exact) mass is 260 g/mol. The van der Waals surface area contributed by atoms with Gasteiger partial charge in [-0.1, -0.05) is 12.1 Å². The van der Waals surface area contributed by atoms with Crippen LogP contribution in [0.4, 0.5) is 0 Å². The lowest BCUT2D eigenvalue weighted by Gasteiger charge is -2.03. The topological polar surface area (TPSA) is 65.7 Å². The summed E-state index contributed by atoms with van der Waals surface area (Å²) in [6.45, 7) is 0. The summed E-state index contributed by atoms with van der Waals surface area (Å²) in [5.41, 5.74) is 0.467. The van der Waals surface area contributed by atoms with Gasteiger partial charge in [-0.05, 0) is 29.8 Å². The van der Waals surface area contributed by atoms with Gasteiger partial charge in [0.2, 0.25) is 5.76 Å². The molecule has 0 aliphatic rings. The van der Waals surface area contributed by atoms with Gasteiger partial charge in [0.1, 0.15) is 5.75 Å². The number of hydrogen-bond acceptors (Lipinski definition) is 5. The van der Waals surface area contributed by atoms with Crippen molar-refractivity contribution in [3.05, 3.63) is 52.6 Å². The van der Waals surface area contributed by atoms with Gasteiger partial charge in [0.05, 0.1) is 19.8 Å². The Morgan fingerprint density at radius 1 is 1.05 bits per heavy atom. The highest BCUT2D eigenvalue weighted by Gasteiger charge is 2.12. The van der Waals surface area contributed by atoms with Gasteiger partial charge in [0.15, 0.2) is 0 Å². The zero-order valence-corrected chi connectivity index (χ0v) is 10.5. The Bertz CT molecular complexity index is 640. The molecule has 0 N–H and O–H groups in total. The van der Waals surface area contributed by atoms with Gasteiger partial charge in [-0.15, -0.1) is 0 Å². The first-order valence-corrected chi connectivity index (χ1v) is 5.52. The Balaban J connectivity index is 2.40. The predicted molar refractivity (Wildman–Crippen MR) is 68.3 cm³/mol. The maximum absolute atomic E-state index is 11.8. The van der Waals surface area contributed by atoms with Crippen molar-refractivity contribution in [2.24, 2.45) is 0 Å². The third kappa shape index (κ3) is 2.65. The molecule has 5 nitrogen and oxygen atoms in total. The van der Waals surface area contributed by atoms with Gasteiger partial charge in [-0.25, -0.2) is 9.59 Å². The molecule has 0 bridgehead atoms. The maximum atomic E-state index is 11.8. The third-order valence-corrected chi connectivity index (χ3v) is 2.61. The van der Waals surface area contributed by atoms with Crippen LogP contribution in [0.1, 0.15) is 10.6 Å². The highest BCUT2D eigenvalue weighted by atomic mass is 16.5. The smallest absolute Gasteiger partial charge is 0.374 e. The molecule has 1 aromatic heterocycles. The summed E-state index contributed by atoms with van der Waals surface area (Å²) >= 11 is 0. The summed E-state index contributed by atoms with van der Waals surface area (Å²) in [5.74, 6) is -0.109. The second-order valence-corrected chi connectivity index (χ2v) is 3.72. The molecule has 19 heavy (non-hydrogen) atoms. The zero-order chi connectivity index (χ0) is 13.8. The Hall–Kier alpha value is -2.56. The Morgan fingerprint density at radius 3 is 2.26 bits per heavy atom. The van der Waals surface area contributed by atoms with E-state index < -0.39 is 11.6 Å². The first-order valence-electron chi connectivity index (χ1n) is 5.52. The summed E-state index contributed by atoms with van der Waals surface area (Å²) in [6, 6.07) is 9.89. The first-order chi connectivity index (χ1) is 9.15. The van der Waals surface area contributed by atoms with Crippen LogP contribution in [0, 0.1) is 0 Å². The normalized spacial score (nSPS) is 10.0. The molecule has 2 aromatic rings. The third-order valence-electron chi connectivity index (χ3n) is 2.61. The minimum Gasteiger partial charge on any atom is -0.497 e. The summed E-state index contributed by atoms with van der Waals surface area (Å²) in [6.07, 6.45) is 0. The Kier molecular flexibility index (Phi) is 3.66. The van der Waals surface area contributed by atoms with Crippen molar-refractivity contribution in [2.75, 3.05) is 14.2 Å². The molecular formula is C14H12O5. The molecule has 5 heteroatoms. The molecule has 0 aliphatic carbocycles. The van der Waals surface area contributed by atoms with Gasteiger partial charge < -0.3 is 13.9 Å². The molecule has 2 rings (SSSR count). The predicted octanol–water partition coefficient (Wildman–Crippen LogP) is 2.10. The largest absolute Gasteiger partial charge is 0.497 e. The number of methoxy groups -OCH3 is 2. The second-order valence-electron chi connectivity index (χ2n) is 3.72. The molecule has 0 aliphatic heterocycles. The zero-order valence-electron chi connectivity index (χ0n) is 10.5. The van der Waals surface area contributed by atoms with E-state index in [1.165, 1.54) is 19.2 Å². The van der Waals surface area contributed by atoms with Gasteiger partial charge in [0, 0.05) is 0 Å². The van der Waals surface area contributed by atoms with Crippen LogP contribution >= 0.6 is 0 Å². The molecular weight excluding hydrogens is 248 g/mol. The average Bonchev–Trinajstić information content (AvgIpc) is 2.46. The summed E-state index contributed by atoms with van der Waals surface area (Å²) in [5, 5.41) is 0. The van der Waals surface area contributed by atoms with E-state index in [0.29, 0.717) is 16.9 Å². The van der Waals surface area contributed by atoms with Crippen molar-refractivity contribution in [2.45, 2.75) is 0 Å². The number of carbonyl (C=O) groups excluding carboxylic acids is 1. The second kappa shape index (κ2) is 5.39. The SMILES string of the molecule is COC(=O)c1ccc(-c2ccc(OC)cc2)c(=O)o1. The summed E-state index contributed by atoms with van der Waals surface area (Å²) in [7, 11) is 2.79. The number of esters is 1. The molecule has 0 atom stereocenters. The van der Waals surface area contributed by atoms with Crippen molar-refractivity contribution in [3.8, 4) is 16.9 Å². The highest BCUT2D eigenvalue weighted by molar-refractivity contribution is 5.86. The number of benzene rings is 1. The van der Waals surface area contributed by atoms with E-state index in [9.17, 15) is 9.59 Å². The molecule has 0 amide bonds. The van der Waals surface area contributed by atoms with Crippen LogP contribution in [0.15, 0.2) is 45.6 Å². The minimum absolute atomic E-state index is 0.121. The first kappa shape index (κ1) is 12.9. The minimum atomic E-state index is -0.682. The van der Waals surface area contributed by atoms with Crippen LogP contribution < -0.4 is 10.4 Å². The molecule has 0 radical (unpaired) electrons. The van der Waals surface area contributed by atoms with Gasteiger partial charge in [-0.3, -0.25) is 0 Å². The highest BCUT2D eigenvalue weighted by Crippen LogP contribution is 2.19. The lowest BCUT2D eigenvalue weighted by Crippen LogP contribution is -2.09. The fourth-order valence-corrected chi connectivity index (χ4v) is 1.61. The van der Waals surface area contributed by atoms with Crippen LogP contribution in [0.2, 0.25) is 0 Å². The van der Waals surface area contributed by atoms with Gasteiger partial charge >= 0.3 is 11.6 Å². The van der Waals surface area contributed by atoms with E-state index in [0.717, 1.165) is 0 Å². The Morgan fingerprint density at radius 2 is 1.74 bits per heavy atom. The van der Waals surface area contributed by atoms with Gasteiger partial charge in [-0.2, -0.15) is 0 Å². The standard InChI is InChI=1S/C14H12O5/c1-17-10-5-3-9(4-6-10)11-7-8-12(14(16)18-2)19-13(11)15/h3-8H,1-2H3. The number of ether oxygens (including phenoxy) is 2. The van der Waals surface area contributed by atoms with E-state index in [2.05, 4.69) is 4.74 Å². The van der Waals surface area contributed by atoms with Crippen LogP contribution in [-0.2, 0) is 4.74 Å². The molecule has 0 saturated heterocycles. The molecule has 98 valence electrons. The lowest BCUT2D eigenvalue weighted by molar-refractivity contribution is 0.0560. The van der Waals surface area contributed by atoms with Crippen molar-refractivity contribution < 1.29 is 18.7 Å². The van der Waals surface area contributed by atoms with Crippen LogP contribution in [0.5, 0.6) is 5.75 Å². The maximum Gasteiger partial charge on any atom is 0.374 e. The molecule has 0 unspecified atom stereocenters. The lowest BCUT2D eigenvalue weighted by atomic mass is 10.1. The Labute approximate surface area is 109 Å². The number of carbonyl (C=O) groups is 1. The van der Waals surface area contributed by atoms with Crippen molar-refractivity contribution in [1.82, 2.24) is 0 Å². The average molecular weight is 260 g/mol. The van der Waals surface area contributed by atoms with Gasteiger partial charge in [0.25, 0.3) is 0 Å². The molecule has 0 fully saturated rings. The van der Waals surface area contributed by atoms with Crippen molar-refractivity contribution >= 4 is 5.97 Å². The number of rotatable bonds is 3. The fourth-order valence-electron chi connectivity index (χ4n) is 1.61. The molecule has 0 spiro atoms. The molecule has 0 saturated carbocycles. The van der Waals surface area contributed by atoms with E-state index in [1.807, 2.05) is 0 Å². The van der Waals surface area contributed by atoms with Crippen molar-refractivity contribution in [1.29, 1.82) is 0 Å². The van der Waals surface area contributed by atoms with Crippen LogP contribution in [-0.4, -0.2) is 20.2 Å². The molecule has 1 aromatic carbocycles. The van der Waals surface area contributed by atoms with E-state index in [4.69, 9.17) is 9.15 Å². The van der Waals surface area contributed by atoms with Crippen LogP contribution in [0.25, 0.3) is 11.1 Å². The summed E-state index contributed by atoms with van der Waals surface area (Å²) in [4.78, 5) is 23.0. The van der Waals surface area contributed by atoms with E-state index in [1.54, 1.807) is 31.4 Å². The summed E-state index contributed by atoms with van der Waals surface area (Å²) < 4.78 is 14.4. The van der Waals surface area contributed by atoms with Crippen LogP contribution in [0.3, 0.4) is 0 Å². The fraction of sp³-hybridized carbons (Fsp3) is 0.143. The van der Waals surface area contributed by atoms with E-state index >= 15 is 0 Å². The van der Waals surface area contributed by atoms with E-state index in [-0.39, 0.29) is 5.76 Å². The number of hydrogen-bond donors (Lipinski definition) is 0. The quantitative estimate of drug-likeness (QED) is 0.791.